The van der Waals surface area contributed by atoms with Gasteiger partial charge in [-0.05, 0) is 26.0 Å². The number of rotatable bonds is 5. The third kappa shape index (κ3) is 4.15. The molecule has 0 aromatic carbocycles. The Bertz CT molecular complexity index is 412. The molecule has 1 fully saturated rings. The quantitative estimate of drug-likeness (QED) is 0.883. The van der Waals surface area contributed by atoms with Crippen molar-refractivity contribution in [3.8, 4) is 0 Å². The van der Waals surface area contributed by atoms with Crippen LogP contribution < -0.4 is 5.32 Å². The van der Waals surface area contributed by atoms with E-state index in [1.807, 2.05) is 19.2 Å². The summed E-state index contributed by atoms with van der Waals surface area (Å²) in [6.45, 7) is 12.1. The smallest absolute Gasteiger partial charge is 0.129 e. The summed E-state index contributed by atoms with van der Waals surface area (Å²) in [5.41, 5.74) is 0. The highest BCUT2D eigenvalue weighted by molar-refractivity contribution is 5.33. The van der Waals surface area contributed by atoms with Crippen molar-refractivity contribution in [2.24, 2.45) is 5.92 Å². The molecule has 1 saturated heterocycles. The van der Waals surface area contributed by atoms with Gasteiger partial charge in [0.25, 0.3) is 0 Å². The molecule has 1 unspecified atom stereocenters. The van der Waals surface area contributed by atoms with Gasteiger partial charge in [-0.2, -0.15) is 0 Å². The van der Waals surface area contributed by atoms with Crippen molar-refractivity contribution in [3.63, 3.8) is 0 Å². The van der Waals surface area contributed by atoms with Gasteiger partial charge in [0.1, 0.15) is 11.6 Å². The van der Waals surface area contributed by atoms with E-state index in [1.54, 1.807) is 0 Å². The van der Waals surface area contributed by atoms with Crippen LogP contribution in [0.2, 0.25) is 0 Å². The SMILES string of the molecule is Cc1nccc(NCC(C(C)C)N2CCN(C)CC2)n1. The van der Waals surface area contributed by atoms with Crippen molar-refractivity contribution in [2.75, 3.05) is 45.1 Å². The highest BCUT2D eigenvalue weighted by Crippen LogP contribution is 2.14. The second-order valence-corrected chi connectivity index (χ2v) is 6.02. The van der Waals surface area contributed by atoms with Gasteiger partial charge in [0.15, 0.2) is 0 Å². The number of nitrogens with one attached hydrogen (secondary N) is 1. The summed E-state index contributed by atoms with van der Waals surface area (Å²) in [6, 6.07) is 2.49. The Hall–Kier alpha value is -1.20. The molecule has 1 aromatic rings. The van der Waals surface area contributed by atoms with E-state index in [1.165, 1.54) is 0 Å². The molecule has 0 spiro atoms. The second-order valence-electron chi connectivity index (χ2n) is 6.02. The normalized spacial score (nSPS) is 19.2. The Labute approximate surface area is 122 Å². The molecular formula is C15H27N5. The largest absolute Gasteiger partial charge is 0.368 e. The predicted molar refractivity (Wildman–Crippen MR) is 83.0 cm³/mol. The molecule has 0 saturated carbocycles. The molecule has 0 aliphatic carbocycles. The van der Waals surface area contributed by atoms with E-state index in [2.05, 4.69) is 46.0 Å². The highest BCUT2D eigenvalue weighted by Gasteiger charge is 2.24. The number of aromatic nitrogens is 2. The zero-order valence-corrected chi connectivity index (χ0v) is 13.1. The molecule has 5 heteroatoms. The lowest BCUT2D eigenvalue weighted by molar-refractivity contribution is 0.0944. The average molecular weight is 277 g/mol. The first kappa shape index (κ1) is 15.2. The van der Waals surface area contributed by atoms with Crippen LogP contribution in [0.15, 0.2) is 12.3 Å². The van der Waals surface area contributed by atoms with Gasteiger partial charge in [-0.25, -0.2) is 9.97 Å². The van der Waals surface area contributed by atoms with E-state index >= 15 is 0 Å². The Morgan fingerprint density at radius 3 is 2.55 bits per heavy atom. The number of hydrogen-bond acceptors (Lipinski definition) is 5. The summed E-state index contributed by atoms with van der Waals surface area (Å²) < 4.78 is 0. The van der Waals surface area contributed by atoms with Gasteiger partial charge < -0.3 is 10.2 Å². The number of aryl methyl sites for hydroxylation is 1. The maximum atomic E-state index is 4.41. The molecule has 0 radical (unpaired) electrons. The van der Waals surface area contributed by atoms with Crippen LogP contribution in [0.4, 0.5) is 5.82 Å². The lowest BCUT2D eigenvalue weighted by atomic mass is 10.0. The summed E-state index contributed by atoms with van der Waals surface area (Å²) in [5.74, 6) is 2.38. The molecule has 112 valence electrons. The fraction of sp³-hybridized carbons (Fsp3) is 0.733. The van der Waals surface area contributed by atoms with Crippen molar-refractivity contribution >= 4 is 5.82 Å². The summed E-state index contributed by atoms with van der Waals surface area (Å²) >= 11 is 0. The maximum absolute atomic E-state index is 4.41. The van der Waals surface area contributed by atoms with Crippen molar-refractivity contribution in [3.05, 3.63) is 18.1 Å². The van der Waals surface area contributed by atoms with Crippen LogP contribution >= 0.6 is 0 Å². The maximum Gasteiger partial charge on any atom is 0.129 e. The third-order valence-corrected chi connectivity index (χ3v) is 4.04. The molecule has 5 nitrogen and oxygen atoms in total. The van der Waals surface area contributed by atoms with Gasteiger partial charge in [0.05, 0.1) is 0 Å². The van der Waals surface area contributed by atoms with Crippen molar-refractivity contribution in [2.45, 2.75) is 26.8 Å². The molecule has 2 rings (SSSR count). The van der Waals surface area contributed by atoms with Crippen molar-refractivity contribution in [1.82, 2.24) is 19.8 Å². The Kier molecular flexibility index (Phi) is 5.31. The Morgan fingerprint density at radius 2 is 1.95 bits per heavy atom. The van der Waals surface area contributed by atoms with Gasteiger partial charge in [-0.15, -0.1) is 0 Å². The number of anilines is 1. The van der Waals surface area contributed by atoms with E-state index < -0.39 is 0 Å². The highest BCUT2D eigenvalue weighted by atomic mass is 15.3. The van der Waals surface area contributed by atoms with Crippen molar-refractivity contribution in [1.29, 1.82) is 0 Å². The predicted octanol–water partition coefficient (Wildman–Crippen LogP) is 1.47. The summed E-state index contributed by atoms with van der Waals surface area (Å²) in [6.07, 6.45) is 1.81. The third-order valence-electron chi connectivity index (χ3n) is 4.04. The fourth-order valence-electron chi connectivity index (χ4n) is 2.70. The average Bonchev–Trinajstić information content (AvgIpc) is 2.41. The van der Waals surface area contributed by atoms with Crippen LogP contribution in [0, 0.1) is 12.8 Å². The van der Waals surface area contributed by atoms with Crippen molar-refractivity contribution < 1.29 is 0 Å². The summed E-state index contributed by atoms with van der Waals surface area (Å²) in [7, 11) is 2.20. The number of nitrogens with zero attached hydrogens (tertiary/aromatic N) is 4. The lowest BCUT2D eigenvalue weighted by Crippen LogP contribution is -2.52. The van der Waals surface area contributed by atoms with E-state index in [-0.39, 0.29) is 0 Å². The van der Waals surface area contributed by atoms with E-state index in [4.69, 9.17) is 0 Å². The van der Waals surface area contributed by atoms with Crippen LogP contribution in [-0.2, 0) is 0 Å². The fourth-order valence-corrected chi connectivity index (χ4v) is 2.70. The molecular weight excluding hydrogens is 250 g/mol. The van der Waals surface area contributed by atoms with Gasteiger partial charge in [0, 0.05) is 45.0 Å². The molecule has 1 N–H and O–H groups in total. The lowest BCUT2D eigenvalue weighted by Gasteiger charge is -2.40. The molecule has 0 amide bonds. The second kappa shape index (κ2) is 6.99. The molecule has 1 aliphatic rings. The van der Waals surface area contributed by atoms with E-state index in [0.29, 0.717) is 12.0 Å². The minimum absolute atomic E-state index is 0.555. The van der Waals surface area contributed by atoms with Crippen LogP contribution in [0.5, 0.6) is 0 Å². The standard InChI is InChI=1S/C15H27N5/c1-12(2)14(20-9-7-19(4)8-10-20)11-17-15-5-6-16-13(3)18-15/h5-6,12,14H,7-11H2,1-4H3,(H,16,17,18). The molecule has 1 atom stereocenters. The van der Waals surface area contributed by atoms with Gasteiger partial charge in [0.2, 0.25) is 0 Å². The van der Waals surface area contributed by atoms with Gasteiger partial charge >= 0.3 is 0 Å². The molecule has 20 heavy (non-hydrogen) atoms. The minimum atomic E-state index is 0.555. The van der Waals surface area contributed by atoms with Gasteiger partial charge in [-0.3, -0.25) is 4.90 Å². The van der Waals surface area contributed by atoms with E-state index in [9.17, 15) is 0 Å². The minimum Gasteiger partial charge on any atom is -0.368 e. The summed E-state index contributed by atoms with van der Waals surface area (Å²) in [4.78, 5) is 13.5. The number of hydrogen-bond donors (Lipinski definition) is 1. The molecule has 1 aromatic heterocycles. The Morgan fingerprint density at radius 1 is 1.25 bits per heavy atom. The first-order valence-electron chi connectivity index (χ1n) is 7.52. The number of piperazine rings is 1. The van der Waals surface area contributed by atoms with E-state index in [0.717, 1.165) is 44.4 Å². The van der Waals surface area contributed by atoms with Crippen LogP contribution in [0.25, 0.3) is 0 Å². The molecule has 2 heterocycles. The summed E-state index contributed by atoms with van der Waals surface area (Å²) in [5, 5.41) is 3.47. The van der Waals surface area contributed by atoms with Crippen LogP contribution in [0.1, 0.15) is 19.7 Å². The van der Waals surface area contributed by atoms with Crippen LogP contribution in [-0.4, -0.2) is 65.6 Å². The van der Waals surface area contributed by atoms with Crippen LogP contribution in [0.3, 0.4) is 0 Å². The first-order valence-corrected chi connectivity index (χ1v) is 7.52. The molecule has 0 bridgehead atoms. The zero-order chi connectivity index (χ0) is 14.5. The zero-order valence-electron chi connectivity index (χ0n) is 13.1. The monoisotopic (exact) mass is 277 g/mol. The van der Waals surface area contributed by atoms with Gasteiger partial charge in [-0.1, -0.05) is 13.8 Å². The molecule has 1 aliphatic heterocycles. The first-order chi connectivity index (χ1) is 9.56. The Balaban J connectivity index is 1.92. The topological polar surface area (TPSA) is 44.3 Å². The number of likely N-dealkylation sites (N-methyl/N-ethyl adjacent to an activating group) is 1.